The molecule has 1 aromatic carbocycles. The summed E-state index contributed by atoms with van der Waals surface area (Å²) in [7, 11) is 1.93. The highest BCUT2D eigenvalue weighted by molar-refractivity contribution is 8.01. The summed E-state index contributed by atoms with van der Waals surface area (Å²) in [5.74, 6) is 1.18. The van der Waals surface area contributed by atoms with Crippen LogP contribution in [0.4, 0.5) is 0 Å². The third kappa shape index (κ3) is 6.29. The van der Waals surface area contributed by atoms with Crippen LogP contribution in [0.15, 0.2) is 28.6 Å². The number of carbonyl (C=O) groups excluding carboxylic acids is 1. The molecule has 0 spiro atoms. The predicted octanol–water partition coefficient (Wildman–Crippen LogP) is 3.66. The number of aryl methyl sites for hydroxylation is 2. The number of thioether (sulfide) groups is 1. The smallest absolute Gasteiger partial charge is 0.232 e. The monoisotopic (exact) mass is 418 g/mol. The molecule has 1 fully saturated rings. The zero-order valence-electron chi connectivity index (χ0n) is 17.1. The molecule has 0 bridgehead atoms. The third-order valence-electron chi connectivity index (χ3n) is 5.35. The fourth-order valence-corrected chi connectivity index (χ4v) is 5.49. The van der Waals surface area contributed by atoms with Crippen LogP contribution in [0.2, 0.25) is 0 Å². The summed E-state index contributed by atoms with van der Waals surface area (Å²) in [6, 6.07) is 8.66. The average Bonchev–Trinajstić information content (AvgIpc) is 3.11. The number of nitrogens with zero attached hydrogens (tertiary/aromatic N) is 4. The largest absolute Gasteiger partial charge is 0.345 e. The van der Waals surface area contributed by atoms with E-state index < -0.39 is 0 Å². The zero-order valence-corrected chi connectivity index (χ0v) is 18.7. The second kappa shape index (κ2) is 10.4. The molecule has 1 aromatic heterocycles. The first-order chi connectivity index (χ1) is 13.5. The van der Waals surface area contributed by atoms with E-state index in [1.165, 1.54) is 42.3 Å². The van der Waals surface area contributed by atoms with Crippen LogP contribution in [0, 0.1) is 19.8 Å². The van der Waals surface area contributed by atoms with Crippen LogP contribution in [0.1, 0.15) is 29.0 Å². The Bertz CT molecular complexity index is 779. The molecule has 5 nitrogen and oxygen atoms in total. The number of hydrogen-bond donors (Lipinski definition) is 0. The van der Waals surface area contributed by atoms with E-state index >= 15 is 0 Å². The molecule has 1 saturated heterocycles. The molecule has 0 radical (unpaired) electrons. The van der Waals surface area contributed by atoms with Gasteiger partial charge in [0.1, 0.15) is 5.01 Å². The maximum absolute atomic E-state index is 12.5. The molecule has 0 aliphatic carbocycles. The van der Waals surface area contributed by atoms with Gasteiger partial charge in [-0.1, -0.05) is 47.4 Å². The number of rotatable bonds is 8. The number of likely N-dealkylation sites (tertiary alicyclic amines) is 1. The van der Waals surface area contributed by atoms with Gasteiger partial charge in [0.05, 0.1) is 5.75 Å². The minimum Gasteiger partial charge on any atom is -0.345 e. The van der Waals surface area contributed by atoms with Gasteiger partial charge in [-0.3, -0.25) is 4.79 Å². The Kier molecular flexibility index (Phi) is 7.88. The normalized spacial score (nSPS) is 17.6. The highest BCUT2D eigenvalue weighted by Gasteiger charge is 2.23. The van der Waals surface area contributed by atoms with Crippen molar-refractivity contribution in [2.75, 3.05) is 39.0 Å². The molecule has 1 atom stereocenters. The van der Waals surface area contributed by atoms with Crippen LogP contribution in [0.25, 0.3) is 0 Å². The molecular formula is C21H30N4OS2. The summed E-state index contributed by atoms with van der Waals surface area (Å²) >= 11 is 3.04. The minimum absolute atomic E-state index is 0.176. The van der Waals surface area contributed by atoms with Crippen LogP contribution in [-0.2, 0) is 11.2 Å². The molecule has 28 heavy (non-hydrogen) atoms. The lowest BCUT2D eigenvalue weighted by molar-refractivity contribution is -0.127. The van der Waals surface area contributed by atoms with E-state index in [1.807, 2.05) is 18.9 Å². The van der Waals surface area contributed by atoms with Crippen LogP contribution in [0.3, 0.4) is 0 Å². The Morgan fingerprint density at radius 2 is 2.14 bits per heavy atom. The lowest BCUT2D eigenvalue weighted by Gasteiger charge is -2.34. The summed E-state index contributed by atoms with van der Waals surface area (Å²) in [5.41, 5.74) is 2.82. The van der Waals surface area contributed by atoms with Gasteiger partial charge in [0, 0.05) is 26.7 Å². The molecule has 1 aliphatic rings. The van der Waals surface area contributed by atoms with Gasteiger partial charge in [-0.25, -0.2) is 0 Å². The number of aromatic nitrogens is 2. The molecule has 3 rings (SSSR count). The number of benzene rings is 1. The fourth-order valence-electron chi connectivity index (χ4n) is 3.73. The van der Waals surface area contributed by atoms with E-state index in [2.05, 4.69) is 46.3 Å². The molecule has 0 unspecified atom stereocenters. The SMILES string of the molecule is Cc1nnc(SCC(=O)N(C)C[C@@H]2CCCN(CCc3ccccc3C)C2)s1. The molecule has 152 valence electrons. The van der Waals surface area contributed by atoms with Gasteiger partial charge in [0.15, 0.2) is 4.34 Å². The molecular weight excluding hydrogens is 388 g/mol. The first kappa shape index (κ1) is 21.3. The standard InChI is InChI=1S/C21H30N4OS2/c1-16-7-4-5-9-19(16)10-12-25-11-6-8-18(14-25)13-24(3)20(26)15-27-21-23-22-17(2)28-21/h4-5,7,9,18H,6,8,10-15H2,1-3H3/t18-/m0/s1. The average molecular weight is 419 g/mol. The van der Waals surface area contributed by atoms with Gasteiger partial charge in [0.2, 0.25) is 5.91 Å². The van der Waals surface area contributed by atoms with E-state index in [0.717, 1.165) is 35.4 Å². The summed E-state index contributed by atoms with van der Waals surface area (Å²) in [6.45, 7) is 8.33. The predicted molar refractivity (Wildman–Crippen MR) is 117 cm³/mol. The van der Waals surface area contributed by atoms with Gasteiger partial charge in [0.25, 0.3) is 0 Å². The summed E-state index contributed by atoms with van der Waals surface area (Å²) in [6.07, 6.45) is 3.53. The van der Waals surface area contributed by atoms with E-state index in [9.17, 15) is 4.79 Å². The molecule has 7 heteroatoms. The van der Waals surface area contributed by atoms with Crippen molar-refractivity contribution < 1.29 is 4.79 Å². The lowest BCUT2D eigenvalue weighted by Crippen LogP contribution is -2.42. The molecule has 1 aliphatic heterocycles. The Morgan fingerprint density at radius 1 is 1.32 bits per heavy atom. The minimum atomic E-state index is 0.176. The van der Waals surface area contributed by atoms with Crippen molar-refractivity contribution in [3.8, 4) is 0 Å². The van der Waals surface area contributed by atoms with Gasteiger partial charge >= 0.3 is 0 Å². The lowest BCUT2D eigenvalue weighted by atomic mass is 9.96. The second-order valence-electron chi connectivity index (χ2n) is 7.64. The second-order valence-corrected chi connectivity index (χ2v) is 10.0. The third-order valence-corrected chi connectivity index (χ3v) is 7.30. The van der Waals surface area contributed by atoms with E-state index in [1.54, 1.807) is 11.3 Å². The van der Waals surface area contributed by atoms with Crippen LogP contribution in [0.5, 0.6) is 0 Å². The van der Waals surface area contributed by atoms with E-state index in [0.29, 0.717) is 11.7 Å². The van der Waals surface area contributed by atoms with E-state index in [4.69, 9.17) is 0 Å². The Balaban J connectivity index is 1.42. The van der Waals surface area contributed by atoms with Crippen molar-refractivity contribution in [3.63, 3.8) is 0 Å². The molecule has 2 aromatic rings. The molecule has 1 amide bonds. The van der Waals surface area contributed by atoms with Crippen LogP contribution < -0.4 is 0 Å². The van der Waals surface area contributed by atoms with Gasteiger partial charge in [-0.15, -0.1) is 10.2 Å². The maximum Gasteiger partial charge on any atom is 0.232 e. The van der Waals surface area contributed by atoms with Crippen molar-refractivity contribution in [3.05, 3.63) is 40.4 Å². The quantitative estimate of drug-likeness (QED) is 0.613. The van der Waals surface area contributed by atoms with Crippen molar-refractivity contribution in [1.29, 1.82) is 0 Å². The van der Waals surface area contributed by atoms with E-state index in [-0.39, 0.29) is 5.91 Å². The molecule has 0 N–H and O–H groups in total. The number of hydrogen-bond acceptors (Lipinski definition) is 6. The fraction of sp³-hybridized carbons (Fsp3) is 0.571. The summed E-state index contributed by atoms with van der Waals surface area (Å²) < 4.78 is 0.874. The Labute approximate surface area is 176 Å². The highest BCUT2D eigenvalue weighted by Crippen LogP contribution is 2.23. The van der Waals surface area contributed by atoms with Crippen molar-refractivity contribution in [1.82, 2.24) is 20.0 Å². The van der Waals surface area contributed by atoms with Crippen molar-refractivity contribution in [2.24, 2.45) is 5.92 Å². The first-order valence-corrected chi connectivity index (χ1v) is 11.7. The summed E-state index contributed by atoms with van der Waals surface area (Å²) in [5, 5.41) is 9.02. The van der Waals surface area contributed by atoms with Crippen LogP contribution in [-0.4, -0.2) is 64.9 Å². The Morgan fingerprint density at radius 3 is 2.89 bits per heavy atom. The molecule has 2 heterocycles. The van der Waals surface area contributed by atoms with Crippen molar-refractivity contribution in [2.45, 2.75) is 37.4 Å². The van der Waals surface area contributed by atoms with Crippen LogP contribution >= 0.6 is 23.1 Å². The van der Waals surface area contributed by atoms with Gasteiger partial charge in [-0.2, -0.15) is 0 Å². The van der Waals surface area contributed by atoms with Crippen molar-refractivity contribution >= 4 is 29.0 Å². The van der Waals surface area contributed by atoms with Gasteiger partial charge in [-0.05, 0) is 56.7 Å². The zero-order chi connectivity index (χ0) is 19.9. The number of carbonyl (C=O) groups is 1. The summed E-state index contributed by atoms with van der Waals surface area (Å²) in [4.78, 5) is 16.9. The number of piperidine rings is 1. The Hall–Kier alpha value is -1.44. The first-order valence-electron chi connectivity index (χ1n) is 9.95. The van der Waals surface area contributed by atoms with Gasteiger partial charge < -0.3 is 9.80 Å². The highest BCUT2D eigenvalue weighted by atomic mass is 32.2. The molecule has 0 saturated carbocycles. The maximum atomic E-state index is 12.5. The number of amides is 1. The topological polar surface area (TPSA) is 49.3 Å².